The number of imidazole rings is 2. The molecule has 388 valence electrons. The van der Waals surface area contributed by atoms with Crippen LogP contribution < -0.4 is 0 Å². The lowest BCUT2D eigenvalue weighted by molar-refractivity contribution is 1.10. The number of fused-ring (bicyclic) bond motifs is 3. The van der Waals surface area contributed by atoms with Crippen LogP contribution in [0.2, 0.25) is 0 Å². The van der Waals surface area contributed by atoms with Gasteiger partial charge < -0.3 is 0 Å². The molecule has 0 unspecified atom stereocenters. The third-order valence-corrected chi connectivity index (χ3v) is 17.4. The molecule has 18 rings (SSSR count). The minimum Gasteiger partial charge on any atom is -0.292 e. The fourth-order valence-electron chi connectivity index (χ4n) is 13.6. The van der Waals surface area contributed by atoms with Crippen molar-refractivity contribution in [3.63, 3.8) is 0 Å². The van der Waals surface area contributed by atoms with Crippen LogP contribution in [0.3, 0.4) is 0 Å². The van der Waals surface area contributed by atoms with Crippen molar-refractivity contribution in [1.82, 2.24) is 29.1 Å². The Hall–Kier alpha value is -11.3. The number of hydrogen-bond donors (Lipinski definition) is 0. The molecule has 0 atom stereocenters. The highest BCUT2D eigenvalue weighted by Gasteiger charge is 2.24. The average Bonchev–Trinajstić information content (AvgIpc) is 1.46. The summed E-state index contributed by atoms with van der Waals surface area (Å²) in [6, 6.07) is 101. The summed E-state index contributed by atoms with van der Waals surface area (Å²) < 4.78 is 4.52. The molecule has 3 aromatic heterocycles. The maximum Gasteiger partial charge on any atom is 0.160 e. The summed E-state index contributed by atoms with van der Waals surface area (Å²) in [5, 5.41) is 15.8. The van der Waals surface area contributed by atoms with Gasteiger partial charge in [-0.25, -0.2) is 19.9 Å². The predicted molar refractivity (Wildman–Crippen MR) is 349 cm³/mol. The molecule has 0 saturated carbocycles. The second kappa shape index (κ2) is 18.1. The number of para-hydroxylation sites is 4. The van der Waals surface area contributed by atoms with Crippen molar-refractivity contribution in [2.75, 3.05) is 0 Å². The Labute approximate surface area is 482 Å². The van der Waals surface area contributed by atoms with Crippen LogP contribution in [0.5, 0.6) is 0 Å². The molecule has 15 aromatic carbocycles. The second-order valence-corrected chi connectivity index (χ2v) is 22.1. The smallest absolute Gasteiger partial charge is 0.160 e. The Kier molecular flexibility index (Phi) is 9.99. The molecule has 0 N–H and O–H groups in total. The van der Waals surface area contributed by atoms with Crippen molar-refractivity contribution < 1.29 is 0 Å². The van der Waals surface area contributed by atoms with Gasteiger partial charge in [0, 0.05) is 44.6 Å². The van der Waals surface area contributed by atoms with E-state index in [-0.39, 0.29) is 0 Å². The molecular weight excluding hydrogens is 1020 g/mol. The van der Waals surface area contributed by atoms with E-state index < -0.39 is 0 Å². The third kappa shape index (κ3) is 7.04. The number of aromatic nitrogens is 6. The van der Waals surface area contributed by atoms with Gasteiger partial charge >= 0.3 is 0 Å². The lowest BCUT2D eigenvalue weighted by Gasteiger charge is -2.19. The zero-order chi connectivity index (χ0) is 55.0. The predicted octanol–water partition coefficient (Wildman–Crippen LogP) is 20.1. The molecule has 0 radical (unpaired) electrons. The van der Waals surface area contributed by atoms with Crippen molar-refractivity contribution in [2.45, 2.75) is 0 Å². The first-order valence-corrected chi connectivity index (χ1v) is 28.6. The van der Waals surface area contributed by atoms with E-state index in [0.717, 1.165) is 106 Å². The fourth-order valence-corrected chi connectivity index (χ4v) is 13.6. The van der Waals surface area contributed by atoms with Crippen LogP contribution in [0.25, 0.3) is 177 Å². The Morgan fingerprint density at radius 2 is 0.690 bits per heavy atom. The normalized spacial score (nSPS) is 12.0. The first kappa shape index (κ1) is 46.4. The summed E-state index contributed by atoms with van der Waals surface area (Å²) in [6.07, 6.45) is 0. The lowest BCUT2D eigenvalue weighted by Crippen LogP contribution is -2.01. The molecule has 0 spiro atoms. The monoisotopic (exact) mass is 1070 g/mol. The van der Waals surface area contributed by atoms with Gasteiger partial charge in [-0.05, 0) is 154 Å². The molecular formula is C78H46N6. The van der Waals surface area contributed by atoms with Crippen LogP contribution in [-0.4, -0.2) is 29.1 Å². The van der Waals surface area contributed by atoms with Gasteiger partial charge in [0.25, 0.3) is 0 Å². The summed E-state index contributed by atoms with van der Waals surface area (Å²) in [4.78, 5) is 21.9. The molecule has 18 aromatic rings. The molecule has 0 amide bonds. The van der Waals surface area contributed by atoms with Gasteiger partial charge in [-0.3, -0.25) is 9.13 Å². The highest BCUT2D eigenvalue weighted by molar-refractivity contribution is 6.28. The SMILES string of the molecule is c1ccc(-c2nc3ccccc3n2-c2ccc(-c3nc(-c4ccc(-n5c(-c6ccccc6)nc6ccccc65)cc4)c4cc(-c5ccc6ccc7cccc8ccc5c6c78)cc(-c5ccc6ccc7cccc8ccc5c6c78)c4n3)cc2)cc1. The van der Waals surface area contributed by atoms with Crippen molar-refractivity contribution in [3.8, 4) is 79.0 Å². The molecule has 6 nitrogen and oxygen atoms in total. The zero-order valence-corrected chi connectivity index (χ0v) is 45.2. The van der Waals surface area contributed by atoms with Crippen LogP contribution >= 0.6 is 0 Å². The molecule has 6 heteroatoms. The van der Waals surface area contributed by atoms with Crippen LogP contribution in [0, 0.1) is 0 Å². The second-order valence-electron chi connectivity index (χ2n) is 22.1. The van der Waals surface area contributed by atoms with E-state index in [1.165, 1.54) is 64.6 Å². The third-order valence-electron chi connectivity index (χ3n) is 17.4. The van der Waals surface area contributed by atoms with Gasteiger partial charge in [-0.1, -0.05) is 206 Å². The maximum atomic E-state index is 5.78. The Balaban J connectivity index is 0.907. The van der Waals surface area contributed by atoms with Crippen molar-refractivity contribution >= 4 is 97.6 Å². The molecule has 0 saturated heterocycles. The molecule has 0 aliphatic rings. The summed E-state index contributed by atoms with van der Waals surface area (Å²) >= 11 is 0. The number of benzene rings is 15. The van der Waals surface area contributed by atoms with Gasteiger partial charge in [0.2, 0.25) is 0 Å². The summed E-state index contributed by atoms with van der Waals surface area (Å²) in [7, 11) is 0. The van der Waals surface area contributed by atoms with Crippen LogP contribution in [0.15, 0.2) is 279 Å². The molecule has 0 bridgehead atoms. The highest BCUT2D eigenvalue weighted by Crippen LogP contribution is 2.47. The van der Waals surface area contributed by atoms with Gasteiger partial charge in [0.05, 0.1) is 33.3 Å². The molecule has 3 heterocycles. The van der Waals surface area contributed by atoms with Gasteiger partial charge in [0.15, 0.2) is 5.82 Å². The van der Waals surface area contributed by atoms with Crippen LogP contribution in [0.4, 0.5) is 0 Å². The lowest BCUT2D eigenvalue weighted by atomic mass is 9.86. The van der Waals surface area contributed by atoms with E-state index in [1.807, 2.05) is 12.1 Å². The molecule has 0 aliphatic carbocycles. The van der Waals surface area contributed by atoms with Gasteiger partial charge in [0.1, 0.15) is 11.6 Å². The van der Waals surface area contributed by atoms with E-state index in [1.54, 1.807) is 0 Å². The Morgan fingerprint density at radius 3 is 1.23 bits per heavy atom. The van der Waals surface area contributed by atoms with Crippen LogP contribution in [0.1, 0.15) is 0 Å². The minimum absolute atomic E-state index is 0.633. The molecule has 84 heavy (non-hydrogen) atoms. The zero-order valence-electron chi connectivity index (χ0n) is 45.2. The van der Waals surface area contributed by atoms with Gasteiger partial charge in [-0.15, -0.1) is 0 Å². The summed E-state index contributed by atoms with van der Waals surface area (Å²) in [5.41, 5.74) is 16.1. The topological polar surface area (TPSA) is 61.4 Å². The van der Waals surface area contributed by atoms with E-state index in [9.17, 15) is 0 Å². The summed E-state index contributed by atoms with van der Waals surface area (Å²) in [5.74, 6) is 2.40. The quantitative estimate of drug-likeness (QED) is 0.142. The largest absolute Gasteiger partial charge is 0.292 e. The van der Waals surface area contributed by atoms with Crippen molar-refractivity contribution in [1.29, 1.82) is 0 Å². The highest BCUT2D eigenvalue weighted by atomic mass is 15.1. The first-order chi connectivity index (χ1) is 41.6. The average molecular weight is 1070 g/mol. The number of hydrogen-bond acceptors (Lipinski definition) is 4. The van der Waals surface area contributed by atoms with Crippen LogP contribution in [-0.2, 0) is 0 Å². The molecule has 0 aliphatic heterocycles. The Bertz CT molecular complexity index is 5610. The number of nitrogens with zero attached hydrogens (tertiary/aromatic N) is 6. The number of rotatable bonds is 8. The van der Waals surface area contributed by atoms with Crippen molar-refractivity contribution in [2.24, 2.45) is 0 Å². The maximum absolute atomic E-state index is 5.78. The van der Waals surface area contributed by atoms with E-state index in [2.05, 4.69) is 276 Å². The Morgan fingerprint density at radius 1 is 0.250 bits per heavy atom. The minimum atomic E-state index is 0.633. The first-order valence-electron chi connectivity index (χ1n) is 28.6. The fraction of sp³-hybridized carbons (Fsp3) is 0. The standard InChI is InChI=1S/C78H46N6/c1-3-13-55(14-4-1)77-79-66-21-7-9-23-68(66)83(77)58-37-29-53(30-38-58)74-65-46-57(60-41-33-51-27-25-47-17-11-19-49-35-43-62(60)72(51)70(47)49)45-64(61-42-34-52-28-26-48-18-12-20-50-36-44-63(61)73(52)71(48)50)75(65)82-76(81-74)54-31-39-59(40-32-54)84-69-24-10-8-22-67(69)80-78(84)56-15-5-2-6-16-56/h1-46H. The van der Waals surface area contributed by atoms with E-state index in [0.29, 0.717) is 5.82 Å². The molecule has 0 fully saturated rings. The van der Waals surface area contributed by atoms with E-state index in [4.69, 9.17) is 19.9 Å². The summed E-state index contributed by atoms with van der Waals surface area (Å²) in [6.45, 7) is 0. The van der Waals surface area contributed by atoms with E-state index >= 15 is 0 Å². The van der Waals surface area contributed by atoms with Crippen molar-refractivity contribution in [3.05, 3.63) is 279 Å². The van der Waals surface area contributed by atoms with Gasteiger partial charge in [-0.2, -0.15) is 0 Å².